The van der Waals surface area contributed by atoms with Gasteiger partial charge in [0.15, 0.2) is 5.69 Å². The van der Waals surface area contributed by atoms with E-state index in [-0.39, 0.29) is 5.91 Å². The van der Waals surface area contributed by atoms with Crippen LogP contribution in [0.15, 0.2) is 41.6 Å². The molecule has 1 aromatic heterocycles. The van der Waals surface area contributed by atoms with Crippen molar-refractivity contribution in [1.82, 2.24) is 15.2 Å². The Labute approximate surface area is 211 Å². The van der Waals surface area contributed by atoms with Gasteiger partial charge in [-0.05, 0) is 69.1 Å². The van der Waals surface area contributed by atoms with Crippen LogP contribution in [0.2, 0.25) is 0 Å². The number of fused-ring (bicyclic) bond motifs is 3. The molecule has 0 fully saturated rings. The Morgan fingerprint density at radius 1 is 1.26 bits per heavy atom. The van der Waals surface area contributed by atoms with Crippen LogP contribution in [0.1, 0.15) is 25.6 Å². The second-order valence-electron chi connectivity index (χ2n) is 6.57. The van der Waals surface area contributed by atoms with Crippen LogP contribution in [-0.4, -0.2) is 34.0 Å². The van der Waals surface area contributed by atoms with Crippen LogP contribution in [0.25, 0.3) is 11.3 Å². The maximum Gasteiger partial charge on any atom is 0.247 e. The molecule has 10 heteroatoms. The topological polar surface area (TPSA) is 77.4 Å². The van der Waals surface area contributed by atoms with Crippen molar-refractivity contribution >= 4 is 68.5 Å². The average Bonchev–Trinajstić information content (AvgIpc) is 2.87. The van der Waals surface area contributed by atoms with Crippen molar-refractivity contribution in [3.8, 4) is 22.9 Å². The minimum atomic E-state index is -0.783. The highest BCUT2D eigenvalue weighted by molar-refractivity contribution is 14.1. The lowest BCUT2D eigenvalue weighted by atomic mass is 10.1. The Bertz CT molecular complexity index is 1160. The molecule has 7 nitrogen and oxygen atoms in total. The van der Waals surface area contributed by atoms with Crippen molar-refractivity contribution in [3.63, 3.8) is 0 Å². The summed E-state index contributed by atoms with van der Waals surface area (Å²) < 4.78 is 14.1. The van der Waals surface area contributed by atoms with Crippen LogP contribution in [0.4, 0.5) is 5.69 Å². The molecule has 1 aliphatic heterocycles. The number of anilines is 1. The molecular weight excluding hydrogens is 642 g/mol. The molecule has 0 N–H and O–H groups in total. The van der Waals surface area contributed by atoms with E-state index in [4.69, 9.17) is 9.47 Å². The van der Waals surface area contributed by atoms with E-state index < -0.39 is 6.23 Å². The van der Waals surface area contributed by atoms with Gasteiger partial charge in [-0.2, -0.15) is 4.98 Å². The SMILES string of the molecule is CCSc1nnc2c(n1)OC(c1cc(I)cc(I)c1OC)N(C(C)=O)c1ccccc1-2. The molecule has 0 spiro atoms. The van der Waals surface area contributed by atoms with E-state index in [0.717, 1.165) is 24.0 Å². The van der Waals surface area contributed by atoms with Gasteiger partial charge in [-0.25, -0.2) is 0 Å². The zero-order chi connectivity index (χ0) is 22.1. The van der Waals surface area contributed by atoms with E-state index in [0.29, 0.717) is 28.2 Å². The van der Waals surface area contributed by atoms with Gasteiger partial charge in [0.1, 0.15) is 5.75 Å². The van der Waals surface area contributed by atoms with Gasteiger partial charge in [-0.1, -0.05) is 36.9 Å². The predicted octanol–water partition coefficient (Wildman–Crippen LogP) is 5.31. The number of hydrogen-bond acceptors (Lipinski definition) is 7. The number of rotatable bonds is 4. The molecule has 31 heavy (non-hydrogen) atoms. The molecule has 0 saturated carbocycles. The molecule has 3 aromatic rings. The third-order valence-electron chi connectivity index (χ3n) is 4.63. The summed E-state index contributed by atoms with van der Waals surface area (Å²) in [6, 6.07) is 11.5. The molecule has 1 atom stereocenters. The molecule has 2 aromatic carbocycles. The zero-order valence-corrected chi connectivity index (χ0v) is 22.1. The molecule has 2 heterocycles. The number of carbonyl (C=O) groups excluding carboxylic acids is 1. The standard InChI is InChI=1S/C21H18I2N4O3S/c1-4-31-21-24-19-17(25-26-21)13-7-5-6-8-16(13)27(11(2)28)20(30-19)14-9-12(22)10-15(23)18(14)29-3/h5-10,20H,4H2,1-3H3. The smallest absolute Gasteiger partial charge is 0.247 e. The number of thioether (sulfide) groups is 1. The van der Waals surface area contributed by atoms with E-state index in [2.05, 4.69) is 60.4 Å². The fraction of sp³-hybridized carbons (Fsp3) is 0.238. The molecule has 0 aliphatic carbocycles. The number of amides is 1. The van der Waals surface area contributed by atoms with Gasteiger partial charge in [0.25, 0.3) is 0 Å². The van der Waals surface area contributed by atoms with Crippen LogP contribution < -0.4 is 14.4 Å². The van der Waals surface area contributed by atoms with Gasteiger partial charge in [-0.15, -0.1) is 10.2 Å². The lowest BCUT2D eigenvalue weighted by Crippen LogP contribution is -2.36. The molecule has 1 amide bonds. The van der Waals surface area contributed by atoms with E-state index in [9.17, 15) is 4.79 Å². The molecule has 160 valence electrons. The normalized spacial score (nSPS) is 14.9. The van der Waals surface area contributed by atoms with Gasteiger partial charge in [0.2, 0.25) is 23.2 Å². The molecule has 0 bridgehead atoms. The first-order chi connectivity index (χ1) is 14.9. The summed E-state index contributed by atoms with van der Waals surface area (Å²) in [7, 11) is 1.62. The second-order valence-corrected chi connectivity index (χ2v) is 10.2. The van der Waals surface area contributed by atoms with Crippen molar-refractivity contribution in [1.29, 1.82) is 0 Å². The highest BCUT2D eigenvalue weighted by Crippen LogP contribution is 2.45. The lowest BCUT2D eigenvalue weighted by Gasteiger charge is -2.31. The Morgan fingerprint density at radius 3 is 2.74 bits per heavy atom. The average molecular weight is 660 g/mol. The molecule has 1 unspecified atom stereocenters. The van der Waals surface area contributed by atoms with Crippen molar-refractivity contribution in [2.45, 2.75) is 25.2 Å². The fourth-order valence-electron chi connectivity index (χ4n) is 3.42. The maximum absolute atomic E-state index is 12.9. The number of carbonyl (C=O) groups is 1. The van der Waals surface area contributed by atoms with Crippen molar-refractivity contribution < 1.29 is 14.3 Å². The third-order valence-corrected chi connectivity index (χ3v) is 6.78. The van der Waals surface area contributed by atoms with Gasteiger partial charge in [0, 0.05) is 16.1 Å². The monoisotopic (exact) mass is 660 g/mol. The summed E-state index contributed by atoms with van der Waals surface area (Å²) >= 11 is 5.96. The zero-order valence-electron chi connectivity index (χ0n) is 16.9. The summed E-state index contributed by atoms with van der Waals surface area (Å²) in [6.45, 7) is 3.54. The van der Waals surface area contributed by atoms with Crippen molar-refractivity contribution in [2.24, 2.45) is 0 Å². The van der Waals surface area contributed by atoms with E-state index >= 15 is 0 Å². The Morgan fingerprint density at radius 2 is 2.03 bits per heavy atom. The lowest BCUT2D eigenvalue weighted by molar-refractivity contribution is -0.118. The quantitative estimate of drug-likeness (QED) is 0.278. The van der Waals surface area contributed by atoms with E-state index in [1.165, 1.54) is 18.7 Å². The van der Waals surface area contributed by atoms with Gasteiger partial charge in [-0.3, -0.25) is 9.69 Å². The first-order valence-electron chi connectivity index (χ1n) is 9.40. The number of methoxy groups -OCH3 is 1. The van der Waals surface area contributed by atoms with Gasteiger partial charge in [0.05, 0.1) is 21.9 Å². The highest BCUT2D eigenvalue weighted by atomic mass is 127. The first kappa shape index (κ1) is 22.5. The number of benzene rings is 2. The van der Waals surface area contributed by atoms with Crippen LogP contribution in [0, 0.1) is 7.14 Å². The van der Waals surface area contributed by atoms with Crippen molar-refractivity contribution in [3.05, 3.63) is 49.1 Å². The fourth-order valence-corrected chi connectivity index (χ4v) is 6.04. The molecule has 0 radical (unpaired) electrons. The first-order valence-corrected chi connectivity index (χ1v) is 12.5. The number of ether oxygens (including phenoxy) is 2. The summed E-state index contributed by atoms with van der Waals surface area (Å²) in [5, 5.41) is 9.18. The van der Waals surface area contributed by atoms with Gasteiger partial charge >= 0.3 is 0 Å². The molecule has 1 aliphatic rings. The summed E-state index contributed by atoms with van der Waals surface area (Å²) in [5.74, 6) is 1.63. The summed E-state index contributed by atoms with van der Waals surface area (Å²) in [4.78, 5) is 19.2. The molecular formula is C21H18I2N4O3S. The third kappa shape index (κ3) is 4.33. The largest absolute Gasteiger partial charge is 0.495 e. The van der Waals surface area contributed by atoms with Crippen LogP contribution in [0.3, 0.4) is 0 Å². The van der Waals surface area contributed by atoms with E-state index in [1.807, 2.05) is 43.3 Å². The number of aromatic nitrogens is 3. The number of hydrogen-bond donors (Lipinski definition) is 0. The highest BCUT2D eigenvalue weighted by Gasteiger charge is 2.36. The second kappa shape index (κ2) is 9.45. The van der Waals surface area contributed by atoms with Crippen LogP contribution in [0.5, 0.6) is 11.6 Å². The van der Waals surface area contributed by atoms with Crippen LogP contribution in [-0.2, 0) is 4.79 Å². The Hall–Kier alpha value is -1.67. The number of halogens is 2. The number of nitrogens with zero attached hydrogens (tertiary/aromatic N) is 4. The van der Waals surface area contributed by atoms with Crippen molar-refractivity contribution in [2.75, 3.05) is 17.8 Å². The molecule has 4 rings (SSSR count). The maximum atomic E-state index is 12.9. The van der Waals surface area contributed by atoms with E-state index in [1.54, 1.807) is 12.0 Å². The minimum Gasteiger partial charge on any atom is -0.495 e. The Kier molecular flexibility index (Phi) is 6.86. The minimum absolute atomic E-state index is 0.169. The predicted molar refractivity (Wildman–Crippen MR) is 137 cm³/mol. The van der Waals surface area contributed by atoms with Crippen LogP contribution >= 0.6 is 56.9 Å². The summed E-state index contributed by atoms with van der Waals surface area (Å²) in [6.07, 6.45) is -0.783. The van der Waals surface area contributed by atoms with Gasteiger partial charge < -0.3 is 9.47 Å². The molecule has 0 saturated heterocycles. The Balaban J connectivity index is 2.00. The summed E-state index contributed by atoms with van der Waals surface area (Å²) in [5.41, 5.74) is 2.66. The number of para-hydroxylation sites is 1.